The number of Topliss-reactive ketones (excluding diaryl/α,β-unsaturated/α-hetero) is 1. The maximum atomic E-state index is 14.0. The fourth-order valence-electron chi connectivity index (χ4n) is 1.55. The number of carbonyl (C=O) groups excluding carboxylic acids is 2. The summed E-state index contributed by atoms with van der Waals surface area (Å²) in [4.78, 5) is 24.0. The van der Waals surface area contributed by atoms with Crippen molar-refractivity contribution in [1.82, 2.24) is 0 Å². The summed E-state index contributed by atoms with van der Waals surface area (Å²) in [5.41, 5.74) is -1.14. The van der Waals surface area contributed by atoms with Crippen LogP contribution in [0.1, 0.15) is 29.8 Å². The van der Waals surface area contributed by atoms with E-state index in [2.05, 4.69) is 0 Å². The Hall–Kier alpha value is -2.24. The molecule has 0 aliphatic rings. The lowest BCUT2D eigenvalue weighted by molar-refractivity contribution is -0.138. The lowest BCUT2D eigenvalue weighted by Crippen LogP contribution is -2.18. The predicted octanol–water partition coefficient (Wildman–Crippen LogP) is 2.94. The van der Waals surface area contributed by atoms with Gasteiger partial charge in [0.05, 0.1) is 18.8 Å². The van der Waals surface area contributed by atoms with E-state index in [1.807, 2.05) is 0 Å². The van der Waals surface area contributed by atoms with E-state index in [-0.39, 0.29) is 18.8 Å². The van der Waals surface area contributed by atoms with Crippen molar-refractivity contribution in [1.29, 1.82) is 0 Å². The summed E-state index contributed by atoms with van der Waals surface area (Å²) in [6.07, 6.45) is 0.929. The van der Waals surface area contributed by atoms with Gasteiger partial charge in [0.2, 0.25) is 5.78 Å². The van der Waals surface area contributed by atoms with Crippen molar-refractivity contribution in [3.05, 3.63) is 46.7 Å². The van der Waals surface area contributed by atoms with Crippen LogP contribution in [0.25, 0.3) is 0 Å². The summed E-state index contributed by atoms with van der Waals surface area (Å²) in [5, 5.41) is 0. The van der Waals surface area contributed by atoms with Crippen molar-refractivity contribution in [2.75, 3.05) is 13.2 Å². The third-order valence-corrected chi connectivity index (χ3v) is 2.67. The SMILES string of the molecule is CCO/C=C(\C(=O)OCC)C(=O)c1ccc(F)c(C)c1F. The standard InChI is InChI=1S/C15H16F2O4/c1-4-20-8-11(15(19)21-5-2)14(18)10-6-7-12(16)9(3)13(10)17/h6-8H,4-5H2,1-3H3/b11-8-. The van der Waals surface area contributed by atoms with E-state index in [0.717, 1.165) is 18.4 Å². The molecule has 0 saturated heterocycles. The van der Waals surface area contributed by atoms with E-state index >= 15 is 0 Å². The monoisotopic (exact) mass is 298 g/mol. The summed E-state index contributed by atoms with van der Waals surface area (Å²) >= 11 is 0. The van der Waals surface area contributed by atoms with E-state index in [4.69, 9.17) is 9.47 Å². The molecule has 0 atom stereocenters. The van der Waals surface area contributed by atoms with Crippen LogP contribution < -0.4 is 0 Å². The number of ketones is 1. The number of hydrogen-bond donors (Lipinski definition) is 0. The number of ether oxygens (including phenoxy) is 2. The molecule has 1 aromatic rings. The Labute approximate surface area is 121 Å². The highest BCUT2D eigenvalue weighted by molar-refractivity contribution is 6.24. The van der Waals surface area contributed by atoms with Gasteiger partial charge in [0.15, 0.2) is 0 Å². The van der Waals surface area contributed by atoms with Gasteiger partial charge in [-0.15, -0.1) is 0 Å². The Morgan fingerprint density at radius 2 is 1.86 bits per heavy atom. The fraction of sp³-hybridized carbons (Fsp3) is 0.333. The van der Waals surface area contributed by atoms with Crippen LogP contribution >= 0.6 is 0 Å². The molecule has 1 rings (SSSR count). The quantitative estimate of drug-likeness (QED) is 0.202. The zero-order chi connectivity index (χ0) is 16.0. The van der Waals surface area contributed by atoms with Crippen molar-refractivity contribution in [2.45, 2.75) is 20.8 Å². The minimum Gasteiger partial charge on any atom is -0.500 e. The Kier molecular flexibility index (Phi) is 6.02. The van der Waals surface area contributed by atoms with Gasteiger partial charge in [-0.1, -0.05) is 0 Å². The second kappa shape index (κ2) is 7.52. The number of benzene rings is 1. The Bertz CT molecular complexity index is 579. The second-order valence-corrected chi connectivity index (χ2v) is 4.07. The van der Waals surface area contributed by atoms with Crippen molar-refractivity contribution in [3.63, 3.8) is 0 Å². The smallest absolute Gasteiger partial charge is 0.345 e. The molecule has 0 N–H and O–H groups in total. The molecule has 4 nitrogen and oxygen atoms in total. The van der Waals surface area contributed by atoms with Gasteiger partial charge in [-0.25, -0.2) is 13.6 Å². The van der Waals surface area contributed by atoms with Crippen molar-refractivity contribution >= 4 is 11.8 Å². The summed E-state index contributed by atoms with van der Waals surface area (Å²) in [7, 11) is 0. The maximum Gasteiger partial charge on any atom is 0.345 e. The van der Waals surface area contributed by atoms with Gasteiger partial charge in [0.1, 0.15) is 23.5 Å². The van der Waals surface area contributed by atoms with Crippen LogP contribution in [0.4, 0.5) is 8.78 Å². The van der Waals surface area contributed by atoms with Crippen LogP contribution in [0.2, 0.25) is 0 Å². The topological polar surface area (TPSA) is 52.6 Å². The minimum absolute atomic E-state index is 0.0561. The van der Waals surface area contributed by atoms with Gasteiger partial charge < -0.3 is 9.47 Å². The first kappa shape index (κ1) is 16.8. The normalized spacial score (nSPS) is 11.2. The number of hydrogen-bond acceptors (Lipinski definition) is 4. The van der Waals surface area contributed by atoms with Gasteiger partial charge in [0.25, 0.3) is 0 Å². The number of rotatable bonds is 6. The molecule has 0 radical (unpaired) electrons. The number of carbonyl (C=O) groups is 2. The van der Waals surface area contributed by atoms with Crippen LogP contribution in [0.15, 0.2) is 24.0 Å². The summed E-state index contributed by atoms with van der Waals surface area (Å²) < 4.78 is 36.8. The fourth-order valence-corrected chi connectivity index (χ4v) is 1.55. The highest BCUT2D eigenvalue weighted by atomic mass is 19.1. The van der Waals surface area contributed by atoms with Crippen LogP contribution in [-0.4, -0.2) is 25.0 Å². The molecule has 114 valence electrons. The highest BCUT2D eigenvalue weighted by Gasteiger charge is 2.25. The molecule has 0 heterocycles. The summed E-state index contributed by atoms with van der Waals surface area (Å²) in [6, 6.07) is 1.95. The van der Waals surface area contributed by atoms with Crippen molar-refractivity contribution < 1.29 is 27.8 Å². The van der Waals surface area contributed by atoms with Gasteiger partial charge in [0, 0.05) is 5.56 Å². The second-order valence-electron chi connectivity index (χ2n) is 4.07. The maximum absolute atomic E-state index is 14.0. The van der Waals surface area contributed by atoms with E-state index in [0.29, 0.717) is 0 Å². The molecular weight excluding hydrogens is 282 g/mol. The van der Waals surface area contributed by atoms with Gasteiger partial charge in [-0.3, -0.25) is 4.79 Å². The third-order valence-electron chi connectivity index (χ3n) is 2.67. The van der Waals surface area contributed by atoms with E-state index < -0.39 is 34.5 Å². The molecule has 0 unspecified atom stereocenters. The van der Waals surface area contributed by atoms with Crippen molar-refractivity contribution in [2.24, 2.45) is 0 Å². The Balaban J connectivity index is 3.23. The lowest BCUT2D eigenvalue weighted by atomic mass is 10.0. The zero-order valence-electron chi connectivity index (χ0n) is 12.0. The predicted molar refractivity (Wildman–Crippen MR) is 71.8 cm³/mol. The number of esters is 1. The molecule has 0 fully saturated rings. The van der Waals surface area contributed by atoms with Gasteiger partial charge >= 0.3 is 5.97 Å². The van der Waals surface area contributed by atoms with Gasteiger partial charge in [-0.2, -0.15) is 0 Å². The van der Waals surface area contributed by atoms with E-state index in [1.165, 1.54) is 6.92 Å². The molecule has 0 spiro atoms. The Morgan fingerprint density at radius 3 is 2.43 bits per heavy atom. The molecule has 0 saturated carbocycles. The molecule has 0 aromatic heterocycles. The first-order chi connectivity index (χ1) is 9.93. The molecule has 6 heteroatoms. The summed E-state index contributed by atoms with van der Waals surface area (Å²) in [6.45, 7) is 4.72. The number of halogens is 2. The molecule has 0 aliphatic heterocycles. The van der Waals surface area contributed by atoms with E-state index in [9.17, 15) is 18.4 Å². The molecule has 0 aliphatic carbocycles. The summed E-state index contributed by atoms with van der Waals surface area (Å²) in [5.74, 6) is -3.61. The largest absolute Gasteiger partial charge is 0.500 e. The first-order valence-electron chi connectivity index (χ1n) is 6.42. The van der Waals surface area contributed by atoms with Crippen LogP contribution in [0, 0.1) is 18.6 Å². The van der Waals surface area contributed by atoms with Gasteiger partial charge in [-0.05, 0) is 32.9 Å². The molecule has 1 aromatic carbocycles. The van der Waals surface area contributed by atoms with Crippen molar-refractivity contribution in [3.8, 4) is 0 Å². The van der Waals surface area contributed by atoms with E-state index in [1.54, 1.807) is 13.8 Å². The average Bonchev–Trinajstić information content (AvgIpc) is 2.45. The zero-order valence-corrected chi connectivity index (χ0v) is 12.0. The van der Waals surface area contributed by atoms with Crippen LogP contribution in [0.5, 0.6) is 0 Å². The Morgan fingerprint density at radius 1 is 1.19 bits per heavy atom. The molecule has 0 amide bonds. The van der Waals surface area contributed by atoms with Crippen LogP contribution in [0.3, 0.4) is 0 Å². The van der Waals surface area contributed by atoms with Crippen LogP contribution in [-0.2, 0) is 14.3 Å². The lowest BCUT2D eigenvalue weighted by Gasteiger charge is -2.09. The third kappa shape index (κ3) is 3.87. The molecule has 21 heavy (non-hydrogen) atoms. The minimum atomic E-state index is -1.01. The highest BCUT2D eigenvalue weighted by Crippen LogP contribution is 2.19. The molecule has 0 bridgehead atoms. The first-order valence-corrected chi connectivity index (χ1v) is 6.42. The average molecular weight is 298 g/mol. The molecular formula is C15H16F2O4.